The van der Waals surface area contributed by atoms with Crippen molar-refractivity contribution in [3.05, 3.63) is 75.5 Å². The smallest absolute Gasteiger partial charge is 0.254 e. The molecule has 156 valence electrons. The highest BCUT2D eigenvalue weighted by Gasteiger charge is 2.33. The third-order valence-electron chi connectivity index (χ3n) is 6.76. The van der Waals surface area contributed by atoms with Crippen LogP contribution in [0.2, 0.25) is 0 Å². The molecule has 2 aliphatic rings. The van der Waals surface area contributed by atoms with Crippen molar-refractivity contribution in [2.24, 2.45) is 0 Å². The Bertz CT molecular complexity index is 1210. The summed E-state index contributed by atoms with van der Waals surface area (Å²) >= 11 is 0. The van der Waals surface area contributed by atoms with Gasteiger partial charge in [0.15, 0.2) is 0 Å². The van der Waals surface area contributed by atoms with Crippen LogP contribution < -0.4 is 0 Å². The Labute approximate surface area is 182 Å². The predicted octanol–water partition coefficient (Wildman–Crippen LogP) is 4.99. The Balaban J connectivity index is 1.37. The van der Waals surface area contributed by atoms with E-state index in [1.807, 2.05) is 42.2 Å². The van der Waals surface area contributed by atoms with E-state index < -0.39 is 0 Å². The van der Waals surface area contributed by atoms with E-state index in [0.29, 0.717) is 30.5 Å². The lowest BCUT2D eigenvalue weighted by atomic mass is 9.89. The lowest BCUT2D eigenvalue weighted by Gasteiger charge is -2.40. The summed E-state index contributed by atoms with van der Waals surface area (Å²) in [6.07, 6.45) is 2.44. The van der Waals surface area contributed by atoms with Gasteiger partial charge in [-0.1, -0.05) is 18.2 Å². The van der Waals surface area contributed by atoms with Gasteiger partial charge in [0.1, 0.15) is 0 Å². The number of carbonyl (C=O) groups is 1. The van der Waals surface area contributed by atoms with Gasteiger partial charge in [-0.3, -0.25) is 9.89 Å². The molecule has 1 aromatic heterocycles. The van der Waals surface area contributed by atoms with Crippen molar-refractivity contribution in [3.8, 4) is 17.3 Å². The molecule has 0 atom stereocenters. The molecule has 0 bridgehead atoms. The Hall–Kier alpha value is -3.39. The Kier molecular flexibility index (Phi) is 4.66. The average molecular weight is 411 g/mol. The molecular weight excluding hydrogens is 384 g/mol. The molecule has 2 fully saturated rings. The van der Waals surface area contributed by atoms with E-state index in [1.165, 1.54) is 29.7 Å². The van der Waals surface area contributed by atoms with E-state index in [0.717, 1.165) is 27.9 Å². The standard InChI is InChI=1S/C26H26N4O/c1-15-10-16(2)23(11-22(15)25-17(3)24(28-29-25)20-8-9-20)26(31)30-13-21(14-30)19-6-4-18(12-27)5-7-19/h4-7,10-11,20-21H,8-9,13-14H2,1-3H3,(H,28,29). The maximum Gasteiger partial charge on any atom is 0.254 e. The fourth-order valence-corrected chi connectivity index (χ4v) is 4.64. The van der Waals surface area contributed by atoms with Crippen LogP contribution in [0.25, 0.3) is 11.3 Å². The van der Waals surface area contributed by atoms with Crippen molar-refractivity contribution < 1.29 is 4.79 Å². The summed E-state index contributed by atoms with van der Waals surface area (Å²) in [6.45, 7) is 7.66. The van der Waals surface area contributed by atoms with E-state index >= 15 is 0 Å². The minimum atomic E-state index is 0.0863. The van der Waals surface area contributed by atoms with Crippen molar-refractivity contribution in [2.75, 3.05) is 13.1 Å². The maximum absolute atomic E-state index is 13.3. The molecule has 0 spiro atoms. The summed E-state index contributed by atoms with van der Waals surface area (Å²) in [5, 5.41) is 16.8. The molecule has 5 nitrogen and oxygen atoms in total. The van der Waals surface area contributed by atoms with Crippen molar-refractivity contribution in [1.29, 1.82) is 5.26 Å². The fourth-order valence-electron chi connectivity index (χ4n) is 4.64. The molecule has 0 radical (unpaired) electrons. The van der Waals surface area contributed by atoms with E-state index in [1.54, 1.807) is 0 Å². The zero-order valence-corrected chi connectivity index (χ0v) is 18.2. The second kappa shape index (κ2) is 7.39. The summed E-state index contributed by atoms with van der Waals surface area (Å²) in [6, 6.07) is 14.0. The molecule has 1 N–H and O–H groups in total. The van der Waals surface area contributed by atoms with Gasteiger partial charge in [-0.2, -0.15) is 10.4 Å². The number of aromatic nitrogens is 2. The molecule has 0 unspecified atom stereocenters. The van der Waals surface area contributed by atoms with Crippen LogP contribution in [0.4, 0.5) is 0 Å². The van der Waals surface area contributed by atoms with Crippen molar-refractivity contribution in [2.45, 2.75) is 45.4 Å². The number of carbonyl (C=O) groups excluding carboxylic acids is 1. The zero-order chi connectivity index (χ0) is 21.7. The number of aryl methyl sites for hydroxylation is 2. The maximum atomic E-state index is 13.3. The normalized spacial score (nSPS) is 16.1. The second-order valence-corrected chi connectivity index (χ2v) is 9.01. The number of H-pyrrole nitrogens is 1. The molecule has 3 aromatic rings. The monoisotopic (exact) mass is 410 g/mol. The van der Waals surface area contributed by atoms with Crippen LogP contribution in [0.5, 0.6) is 0 Å². The second-order valence-electron chi connectivity index (χ2n) is 9.01. The topological polar surface area (TPSA) is 72.8 Å². The van der Waals surface area contributed by atoms with Gasteiger partial charge in [0.05, 0.1) is 23.0 Å². The molecule has 1 saturated heterocycles. The molecule has 1 aliphatic carbocycles. The SMILES string of the molecule is Cc1cc(C)c(-c2[nH]nc(C3CC3)c2C)cc1C(=O)N1CC(c2ccc(C#N)cc2)C1. The summed E-state index contributed by atoms with van der Waals surface area (Å²) in [5.74, 6) is 1.01. The van der Waals surface area contributed by atoms with Gasteiger partial charge < -0.3 is 4.90 Å². The van der Waals surface area contributed by atoms with Crippen LogP contribution in [0.15, 0.2) is 36.4 Å². The van der Waals surface area contributed by atoms with Gasteiger partial charge in [0.2, 0.25) is 0 Å². The van der Waals surface area contributed by atoms with E-state index in [-0.39, 0.29) is 5.91 Å². The largest absolute Gasteiger partial charge is 0.337 e. The third-order valence-corrected chi connectivity index (χ3v) is 6.76. The summed E-state index contributed by atoms with van der Waals surface area (Å²) in [4.78, 5) is 15.2. The minimum absolute atomic E-state index is 0.0863. The van der Waals surface area contributed by atoms with Gasteiger partial charge in [-0.25, -0.2) is 0 Å². The number of aromatic amines is 1. The Morgan fingerprint density at radius 1 is 1.06 bits per heavy atom. The first kappa shape index (κ1) is 19.6. The number of likely N-dealkylation sites (tertiary alicyclic amines) is 1. The van der Waals surface area contributed by atoms with Crippen molar-refractivity contribution in [3.63, 3.8) is 0 Å². The number of nitrogens with one attached hydrogen (secondary N) is 1. The molecule has 5 heteroatoms. The van der Waals surface area contributed by atoms with Crippen LogP contribution in [0, 0.1) is 32.1 Å². The van der Waals surface area contributed by atoms with Crippen LogP contribution in [-0.2, 0) is 0 Å². The van der Waals surface area contributed by atoms with Gasteiger partial charge in [-0.15, -0.1) is 0 Å². The summed E-state index contributed by atoms with van der Waals surface area (Å²) in [5.41, 5.74) is 9.26. The van der Waals surface area contributed by atoms with Crippen LogP contribution in [0.3, 0.4) is 0 Å². The first-order valence-corrected chi connectivity index (χ1v) is 10.9. The van der Waals surface area contributed by atoms with E-state index in [4.69, 9.17) is 5.26 Å². The van der Waals surface area contributed by atoms with Crippen LogP contribution in [-0.4, -0.2) is 34.1 Å². The highest BCUT2D eigenvalue weighted by atomic mass is 16.2. The lowest BCUT2D eigenvalue weighted by Crippen LogP contribution is -2.48. The number of rotatable bonds is 4. The number of amides is 1. The number of hydrogen-bond acceptors (Lipinski definition) is 3. The van der Waals surface area contributed by atoms with Crippen molar-refractivity contribution >= 4 is 5.91 Å². The zero-order valence-electron chi connectivity index (χ0n) is 18.2. The number of hydrogen-bond donors (Lipinski definition) is 1. The lowest BCUT2D eigenvalue weighted by molar-refractivity contribution is 0.0601. The highest BCUT2D eigenvalue weighted by molar-refractivity contribution is 5.98. The molecule has 1 saturated carbocycles. The number of nitrogens with zero attached hydrogens (tertiary/aromatic N) is 3. The molecule has 5 rings (SSSR count). The summed E-state index contributed by atoms with van der Waals surface area (Å²) < 4.78 is 0. The predicted molar refractivity (Wildman–Crippen MR) is 120 cm³/mol. The molecule has 2 heterocycles. The van der Waals surface area contributed by atoms with Crippen molar-refractivity contribution in [1.82, 2.24) is 15.1 Å². The molecule has 1 aliphatic heterocycles. The molecular formula is C26H26N4O. The van der Waals surface area contributed by atoms with Gasteiger partial charge in [0.25, 0.3) is 5.91 Å². The number of benzene rings is 2. The first-order valence-electron chi connectivity index (χ1n) is 10.9. The summed E-state index contributed by atoms with van der Waals surface area (Å²) in [7, 11) is 0. The van der Waals surface area contributed by atoms with E-state index in [9.17, 15) is 4.79 Å². The first-order chi connectivity index (χ1) is 15.0. The minimum Gasteiger partial charge on any atom is -0.337 e. The molecule has 1 amide bonds. The molecule has 31 heavy (non-hydrogen) atoms. The van der Waals surface area contributed by atoms with Crippen LogP contribution in [0.1, 0.15) is 68.5 Å². The highest BCUT2D eigenvalue weighted by Crippen LogP contribution is 2.43. The third kappa shape index (κ3) is 3.42. The molecule has 2 aromatic carbocycles. The fraction of sp³-hybridized carbons (Fsp3) is 0.346. The van der Waals surface area contributed by atoms with E-state index in [2.05, 4.69) is 36.2 Å². The van der Waals surface area contributed by atoms with Gasteiger partial charge in [0, 0.05) is 36.1 Å². The van der Waals surface area contributed by atoms with Crippen LogP contribution >= 0.6 is 0 Å². The van der Waals surface area contributed by atoms with Gasteiger partial charge >= 0.3 is 0 Å². The van der Waals surface area contributed by atoms with Gasteiger partial charge in [-0.05, 0) is 74.1 Å². The number of nitriles is 1. The Morgan fingerprint density at radius 3 is 2.42 bits per heavy atom. The Morgan fingerprint density at radius 2 is 1.77 bits per heavy atom. The quantitative estimate of drug-likeness (QED) is 0.658. The average Bonchev–Trinajstić information content (AvgIpc) is 3.50.